The largest absolute Gasteiger partial charge is 0.410 e. The van der Waals surface area contributed by atoms with Gasteiger partial charge in [-0.05, 0) is 12.1 Å². The molecule has 0 spiro atoms. The molecule has 1 aromatic carbocycles. The molecular formula is C6H4N2O4. The number of nitrogens with zero attached hydrogens (tertiary/aromatic N) is 2. The fourth-order valence-electron chi connectivity index (χ4n) is 0.716. The molecule has 0 heterocycles. The molecule has 0 aliphatic carbocycles. The molecule has 0 radical (unpaired) electrons. The minimum absolute atomic E-state index is 0.331. The molecule has 1 aromatic rings. The van der Waals surface area contributed by atoms with Crippen molar-refractivity contribution in [2.75, 3.05) is 0 Å². The summed E-state index contributed by atoms with van der Waals surface area (Å²) in [6, 6.07) is 2.02. The highest BCUT2D eigenvalue weighted by Gasteiger charge is 1.99. The summed E-state index contributed by atoms with van der Waals surface area (Å²) in [6.07, 6.45) is 0. The molecule has 0 bridgehead atoms. The molecule has 12 heavy (non-hydrogen) atoms. The summed E-state index contributed by atoms with van der Waals surface area (Å²) >= 11 is 0. The summed E-state index contributed by atoms with van der Waals surface area (Å²) in [5.41, 5.74) is -1.61. The maximum atomic E-state index is 10.9. The summed E-state index contributed by atoms with van der Waals surface area (Å²) in [5.74, 6) is 0. The zero-order valence-corrected chi connectivity index (χ0v) is 5.76. The number of rotatable bonds is 0. The fraction of sp³-hybridized carbons (Fsp3) is 0. The Bertz CT molecular complexity index is 496. The van der Waals surface area contributed by atoms with E-state index in [4.69, 9.17) is 10.4 Å². The Kier molecular flexibility index (Phi) is 2.00. The lowest BCUT2D eigenvalue weighted by molar-refractivity contribution is 0.295. The van der Waals surface area contributed by atoms with E-state index in [2.05, 4.69) is 10.3 Å². The molecule has 0 aromatic heterocycles. The van der Waals surface area contributed by atoms with Gasteiger partial charge in [-0.15, -0.1) is 0 Å². The standard InChI is InChI=1S/C6H4N2O4/c9-4-2-1-3(7-11)6(10)5(4)8-12/h1-2,11-12H/b7-3+,8-5+. The third-order valence-electron chi connectivity index (χ3n) is 1.28. The van der Waals surface area contributed by atoms with Gasteiger partial charge in [0.15, 0.2) is 10.7 Å². The van der Waals surface area contributed by atoms with Gasteiger partial charge in [0.2, 0.25) is 10.9 Å². The van der Waals surface area contributed by atoms with Crippen molar-refractivity contribution in [1.29, 1.82) is 0 Å². The number of hydrogen-bond donors (Lipinski definition) is 2. The second kappa shape index (κ2) is 2.95. The first-order valence-electron chi connectivity index (χ1n) is 2.92. The van der Waals surface area contributed by atoms with E-state index in [0.29, 0.717) is 0 Å². The quantitative estimate of drug-likeness (QED) is 0.341. The molecule has 6 nitrogen and oxygen atoms in total. The minimum atomic E-state index is -0.896. The van der Waals surface area contributed by atoms with Crippen LogP contribution in [0.5, 0.6) is 0 Å². The number of hydrogen-bond acceptors (Lipinski definition) is 6. The second-order valence-electron chi connectivity index (χ2n) is 1.96. The van der Waals surface area contributed by atoms with Crippen LogP contribution in [0.3, 0.4) is 0 Å². The van der Waals surface area contributed by atoms with Gasteiger partial charge < -0.3 is 10.4 Å². The zero-order chi connectivity index (χ0) is 9.14. The zero-order valence-electron chi connectivity index (χ0n) is 5.76. The fourth-order valence-corrected chi connectivity index (χ4v) is 0.716. The first kappa shape index (κ1) is 8.12. The first-order chi connectivity index (χ1) is 5.70. The average Bonchev–Trinajstić information content (AvgIpc) is 2.06. The van der Waals surface area contributed by atoms with Gasteiger partial charge >= 0.3 is 0 Å². The number of benzene rings is 1. The van der Waals surface area contributed by atoms with E-state index in [9.17, 15) is 9.59 Å². The average molecular weight is 168 g/mol. The van der Waals surface area contributed by atoms with Crippen molar-refractivity contribution in [2.45, 2.75) is 0 Å². The van der Waals surface area contributed by atoms with Gasteiger partial charge in [-0.1, -0.05) is 10.3 Å². The van der Waals surface area contributed by atoms with Crippen molar-refractivity contribution < 1.29 is 10.4 Å². The summed E-state index contributed by atoms with van der Waals surface area (Å²) < 4.78 is 0. The molecule has 1 rings (SSSR count). The van der Waals surface area contributed by atoms with Gasteiger partial charge in [0.25, 0.3) is 0 Å². The topological polar surface area (TPSA) is 99.3 Å². The van der Waals surface area contributed by atoms with Gasteiger partial charge in [-0.25, -0.2) is 0 Å². The van der Waals surface area contributed by atoms with Crippen molar-refractivity contribution in [3.05, 3.63) is 43.3 Å². The van der Waals surface area contributed by atoms with Gasteiger partial charge in [-0.2, -0.15) is 0 Å². The van der Waals surface area contributed by atoms with E-state index in [1.165, 1.54) is 0 Å². The Balaban J connectivity index is 3.96. The van der Waals surface area contributed by atoms with Crippen molar-refractivity contribution >= 4 is 0 Å². The van der Waals surface area contributed by atoms with E-state index in [1.807, 2.05) is 0 Å². The van der Waals surface area contributed by atoms with E-state index < -0.39 is 16.2 Å². The minimum Gasteiger partial charge on any atom is -0.410 e. The van der Waals surface area contributed by atoms with Gasteiger partial charge in [0, 0.05) is 0 Å². The molecule has 0 saturated carbocycles. The van der Waals surface area contributed by atoms with E-state index >= 15 is 0 Å². The second-order valence-corrected chi connectivity index (χ2v) is 1.96. The van der Waals surface area contributed by atoms with Gasteiger partial charge in [-0.3, -0.25) is 9.59 Å². The third-order valence-corrected chi connectivity index (χ3v) is 1.28. The van der Waals surface area contributed by atoms with Crippen LogP contribution in [0.15, 0.2) is 32.0 Å². The Labute approximate surface area is 65.0 Å². The highest BCUT2D eigenvalue weighted by Crippen LogP contribution is 1.54. The van der Waals surface area contributed by atoms with Crippen molar-refractivity contribution in [2.24, 2.45) is 10.3 Å². The predicted octanol–water partition coefficient (Wildman–Crippen LogP) is -2.14. The first-order valence-corrected chi connectivity index (χ1v) is 2.92. The molecule has 0 unspecified atom stereocenters. The molecular weight excluding hydrogens is 164 g/mol. The lowest BCUT2D eigenvalue weighted by atomic mass is 10.3. The highest BCUT2D eigenvalue weighted by molar-refractivity contribution is 5.01. The molecule has 0 fully saturated rings. The molecule has 0 saturated heterocycles. The molecule has 0 atom stereocenters. The molecule has 2 N–H and O–H groups in total. The lowest BCUT2D eigenvalue weighted by Gasteiger charge is -1.79. The molecule has 0 aliphatic heterocycles. The normalized spacial score (nSPS) is 13.7. The van der Waals surface area contributed by atoms with Crippen LogP contribution in [-0.4, -0.2) is 10.4 Å². The summed E-state index contributed by atoms with van der Waals surface area (Å²) in [5, 5.41) is 20.6. The van der Waals surface area contributed by atoms with E-state index in [-0.39, 0.29) is 5.36 Å². The Morgan fingerprint density at radius 2 is 1.75 bits per heavy atom. The Morgan fingerprint density at radius 1 is 1.08 bits per heavy atom. The Hall–Kier alpha value is -1.98. The van der Waals surface area contributed by atoms with Crippen LogP contribution in [0, 0.1) is 0 Å². The van der Waals surface area contributed by atoms with E-state index in [1.54, 1.807) is 0 Å². The molecule has 0 amide bonds. The maximum Gasteiger partial charge on any atom is 0.240 e. The maximum absolute atomic E-state index is 10.9. The van der Waals surface area contributed by atoms with Crippen LogP contribution in [0.2, 0.25) is 0 Å². The van der Waals surface area contributed by atoms with Crippen molar-refractivity contribution in [3.63, 3.8) is 0 Å². The van der Waals surface area contributed by atoms with Crippen LogP contribution < -0.4 is 21.6 Å². The SMILES string of the molecule is O=c1cc/c(=N\O)c(=O)/c1=N/O. The smallest absolute Gasteiger partial charge is 0.240 e. The molecule has 6 heteroatoms. The molecule has 0 aliphatic rings. The summed E-state index contributed by atoms with van der Waals surface area (Å²) in [7, 11) is 0. The van der Waals surface area contributed by atoms with Crippen LogP contribution in [0.4, 0.5) is 0 Å². The predicted molar refractivity (Wildman–Crippen MR) is 36.1 cm³/mol. The van der Waals surface area contributed by atoms with Crippen LogP contribution in [-0.2, 0) is 0 Å². The molecule has 62 valence electrons. The highest BCUT2D eigenvalue weighted by atomic mass is 16.4. The monoisotopic (exact) mass is 168 g/mol. The Morgan fingerprint density at radius 3 is 2.25 bits per heavy atom. The van der Waals surface area contributed by atoms with E-state index in [0.717, 1.165) is 12.1 Å². The summed E-state index contributed by atoms with van der Waals surface area (Å²) in [6.45, 7) is 0. The van der Waals surface area contributed by atoms with Crippen molar-refractivity contribution in [1.82, 2.24) is 0 Å². The third kappa shape index (κ3) is 1.09. The van der Waals surface area contributed by atoms with Crippen LogP contribution in [0.25, 0.3) is 0 Å². The lowest BCUT2D eigenvalue weighted by Crippen LogP contribution is -2.47. The van der Waals surface area contributed by atoms with Crippen molar-refractivity contribution in [3.8, 4) is 0 Å². The van der Waals surface area contributed by atoms with Gasteiger partial charge in [0.05, 0.1) is 0 Å². The van der Waals surface area contributed by atoms with Crippen LogP contribution >= 0.6 is 0 Å². The van der Waals surface area contributed by atoms with Gasteiger partial charge in [0.1, 0.15) is 0 Å². The van der Waals surface area contributed by atoms with Crippen LogP contribution in [0.1, 0.15) is 0 Å². The summed E-state index contributed by atoms with van der Waals surface area (Å²) in [4.78, 5) is 21.7.